The highest BCUT2D eigenvalue weighted by atomic mass is 14.2. The standard InChI is InChI=1S/C23H24/c1-7-11-19-15-13-17(6)23(21(19)10-4)22-16(5)12-14-18(8-2)20(22)9-3/h7-15H,2-4H2,1,5-6H3/b11-7-. The van der Waals surface area contributed by atoms with E-state index in [2.05, 4.69) is 70.0 Å². The van der Waals surface area contributed by atoms with Gasteiger partial charge < -0.3 is 0 Å². The van der Waals surface area contributed by atoms with Crippen molar-refractivity contribution < 1.29 is 0 Å². The first-order valence-electron chi connectivity index (χ1n) is 7.86. The molecule has 2 rings (SSSR count). The average Bonchev–Trinajstić information content (AvgIpc) is 2.56. The van der Waals surface area contributed by atoms with Crippen LogP contribution in [0, 0.1) is 13.8 Å². The molecule has 0 aliphatic rings. The summed E-state index contributed by atoms with van der Waals surface area (Å²) in [4.78, 5) is 0. The first kappa shape index (κ1) is 16.8. The maximum Gasteiger partial charge on any atom is -0.00674 e. The second-order valence-corrected chi connectivity index (χ2v) is 5.63. The molecular formula is C23H24. The minimum atomic E-state index is 1.10. The predicted molar refractivity (Wildman–Crippen MR) is 106 cm³/mol. The minimum absolute atomic E-state index is 1.10. The first-order chi connectivity index (χ1) is 11.1. The Bertz CT molecular complexity index is 801. The fourth-order valence-electron chi connectivity index (χ4n) is 3.10. The van der Waals surface area contributed by atoms with Gasteiger partial charge in [-0.1, -0.05) is 74.4 Å². The van der Waals surface area contributed by atoms with Gasteiger partial charge in [0.15, 0.2) is 0 Å². The lowest BCUT2D eigenvalue weighted by molar-refractivity contribution is 1.38. The molecule has 0 heteroatoms. The van der Waals surface area contributed by atoms with E-state index in [9.17, 15) is 0 Å². The molecule has 0 saturated carbocycles. The van der Waals surface area contributed by atoms with Crippen molar-refractivity contribution in [1.82, 2.24) is 0 Å². The highest BCUT2D eigenvalue weighted by Gasteiger charge is 2.16. The monoisotopic (exact) mass is 300 g/mol. The van der Waals surface area contributed by atoms with Crippen LogP contribution in [0.4, 0.5) is 0 Å². The van der Waals surface area contributed by atoms with Gasteiger partial charge in [0.2, 0.25) is 0 Å². The van der Waals surface area contributed by atoms with Crippen LogP contribution in [0.2, 0.25) is 0 Å². The van der Waals surface area contributed by atoms with E-state index in [0.717, 1.165) is 16.7 Å². The van der Waals surface area contributed by atoms with Crippen molar-refractivity contribution in [3.8, 4) is 11.1 Å². The number of allylic oxidation sites excluding steroid dienone is 1. The molecule has 0 aromatic heterocycles. The lowest BCUT2D eigenvalue weighted by Crippen LogP contribution is -1.98. The Morgan fingerprint density at radius 3 is 1.61 bits per heavy atom. The SMILES string of the molecule is C=Cc1ccc(C)c(-c2c(C)ccc(/C=C\C)c2C=C)c1C=C. The lowest BCUT2D eigenvalue weighted by atomic mass is 9.84. The highest BCUT2D eigenvalue weighted by Crippen LogP contribution is 2.38. The van der Waals surface area contributed by atoms with E-state index in [4.69, 9.17) is 0 Å². The van der Waals surface area contributed by atoms with Gasteiger partial charge in [0.25, 0.3) is 0 Å². The number of aryl methyl sites for hydroxylation is 2. The summed E-state index contributed by atoms with van der Waals surface area (Å²) in [6.45, 7) is 18.3. The fourth-order valence-corrected chi connectivity index (χ4v) is 3.10. The molecule has 0 aliphatic heterocycles. The molecule has 0 radical (unpaired) electrons. The van der Waals surface area contributed by atoms with Gasteiger partial charge in [-0.25, -0.2) is 0 Å². The van der Waals surface area contributed by atoms with Crippen LogP contribution in [-0.2, 0) is 0 Å². The van der Waals surface area contributed by atoms with Gasteiger partial charge in [-0.15, -0.1) is 0 Å². The second-order valence-electron chi connectivity index (χ2n) is 5.63. The maximum absolute atomic E-state index is 4.05. The highest BCUT2D eigenvalue weighted by molar-refractivity contribution is 5.90. The minimum Gasteiger partial charge on any atom is -0.0984 e. The molecule has 23 heavy (non-hydrogen) atoms. The zero-order valence-corrected chi connectivity index (χ0v) is 14.3. The Morgan fingerprint density at radius 1 is 0.696 bits per heavy atom. The summed E-state index contributed by atoms with van der Waals surface area (Å²) >= 11 is 0. The summed E-state index contributed by atoms with van der Waals surface area (Å²) in [5.74, 6) is 0. The number of hydrogen-bond donors (Lipinski definition) is 0. The largest absolute Gasteiger partial charge is 0.0984 e. The van der Waals surface area contributed by atoms with E-state index in [1.54, 1.807) is 0 Å². The zero-order chi connectivity index (χ0) is 17.0. The Balaban J connectivity index is 2.97. The second kappa shape index (κ2) is 7.11. The third kappa shape index (κ3) is 2.98. The lowest BCUT2D eigenvalue weighted by Gasteiger charge is -2.19. The molecule has 0 unspecified atom stereocenters. The van der Waals surface area contributed by atoms with Crippen LogP contribution in [-0.4, -0.2) is 0 Å². The van der Waals surface area contributed by atoms with Crippen molar-refractivity contribution in [1.29, 1.82) is 0 Å². The molecule has 2 aromatic carbocycles. The molecule has 0 amide bonds. The van der Waals surface area contributed by atoms with Crippen LogP contribution in [0.15, 0.2) is 50.1 Å². The Morgan fingerprint density at radius 2 is 1.17 bits per heavy atom. The van der Waals surface area contributed by atoms with Crippen LogP contribution in [0.5, 0.6) is 0 Å². The third-order valence-electron chi connectivity index (χ3n) is 4.20. The molecule has 2 aromatic rings. The third-order valence-corrected chi connectivity index (χ3v) is 4.20. The van der Waals surface area contributed by atoms with Gasteiger partial charge in [0.05, 0.1) is 0 Å². The van der Waals surface area contributed by atoms with Gasteiger partial charge in [0.1, 0.15) is 0 Å². The van der Waals surface area contributed by atoms with E-state index in [1.165, 1.54) is 27.8 Å². The van der Waals surface area contributed by atoms with E-state index in [-0.39, 0.29) is 0 Å². The summed E-state index contributed by atoms with van der Waals surface area (Å²) in [5.41, 5.74) is 9.49. The van der Waals surface area contributed by atoms with E-state index < -0.39 is 0 Å². The summed E-state index contributed by atoms with van der Waals surface area (Å²) in [7, 11) is 0. The fraction of sp³-hybridized carbons (Fsp3) is 0.130. The summed E-state index contributed by atoms with van der Waals surface area (Å²) < 4.78 is 0. The first-order valence-corrected chi connectivity index (χ1v) is 7.86. The zero-order valence-electron chi connectivity index (χ0n) is 14.3. The predicted octanol–water partition coefficient (Wildman–Crippen LogP) is 6.93. The van der Waals surface area contributed by atoms with Crippen molar-refractivity contribution in [2.24, 2.45) is 0 Å². The molecule has 0 bridgehead atoms. The van der Waals surface area contributed by atoms with Crippen molar-refractivity contribution in [3.05, 3.63) is 83.5 Å². The molecule has 0 aliphatic carbocycles. The maximum atomic E-state index is 4.05. The molecule has 0 atom stereocenters. The normalized spacial score (nSPS) is 10.7. The van der Waals surface area contributed by atoms with Gasteiger partial charge in [0, 0.05) is 0 Å². The average molecular weight is 300 g/mol. The quantitative estimate of drug-likeness (QED) is 0.561. The number of benzene rings is 2. The molecule has 0 fully saturated rings. The summed E-state index contributed by atoms with van der Waals surface area (Å²) in [5, 5.41) is 0. The van der Waals surface area contributed by atoms with Gasteiger partial charge >= 0.3 is 0 Å². The molecular weight excluding hydrogens is 276 g/mol. The molecule has 0 saturated heterocycles. The molecule has 0 heterocycles. The molecule has 0 nitrogen and oxygen atoms in total. The van der Waals surface area contributed by atoms with Crippen molar-refractivity contribution in [2.45, 2.75) is 20.8 Å². The van der Waals surface area contributed by atoms with Crippen molar-refractivity contribution >= 4 is 24.3 Å². The van der Waals surface area contributed by atoms with Gasteiger partial charge in [-0.3, -0.25) is 0 Å². The topological polar surface area (TPSA) is 0 Å². The van der Waals surface area contributed by atoms with Crippen LogP contribution >= 0.6 is 0 Å². The Hall–Kier alpha value is -2.60. The van der Waals surface area contributed by atoms with Crippen LogP contribution in [0.1, 0.15) is 40.3 Å². The smallest absolute Gasteiger partial charge is 0.00674 e. The van der Waals surface area contributed by atoms with E-state index in [1.807, 2.05) is 25.2 Å². The Labute approximate surface area is 140 Å². The van der Waals surface area contributed by atoms with E-state index in [0.29, 0.717) is 0 Å². The number of rotatable bonds is 5. The van der Waals surface area contributed by atoms with Crippen LogP contribution in [0.3, 0.4) is 0 Å². The van der Waals surface area contributed by atoms with Crippen molar-refractivity contribution in [2.75, 3.05) is 0 Å². The number of hydrogen-bond acceptors (Lipinski definition) is 0. The van der Waals surface area contributed by atoms with Crippen LogP contribution < -0.4 is 0 Å². The molecule has 0 N–H and O–H groups in total. The van der Waals surface area contributed by atoms with Gasteiger partial charge in [-0.2, -0.15) is 0 Å². The van der Waals surface area contributed by atoms with E-state index >= 15 is 0 Å². The summed E-state index contributed by atoms with van der Waals surface area (Å²) in [6.07, 6.45) is 9.94. The Kier molecular flexibility index (Phi) is 5.18. The summed E-state index contributed by atoms with van der Waals surface area (Å²) in [6, 6.07) is 8.57. The van der Waals surface area contributed by atoms with Crippen molar-refractivity contribution in [3.63, 3.8) is 0 Å². The van der Waals surface area contributed by atoms with Crippen LogP contribution in [0.25, 0.3) is 35.4 Å². The molecule has 116 valence electrons. The molecule has 0 spiro atoms. The van der Waals surface area contributed by atoms with Gasteiger partial charge in [-0.05, 0) is 65.3 Å².